The molecule has 0 fully saturated rings. The third-order valence-corrected chi connectivity index (χ3v) is 3.91. The summed E-state index contributed by atoms with van der Waals surface area (Å²) in [5.41, 5.74) is 1.39. The van der Waals surface area contributed by atoms with Gasteiger partial charge < -0.3 is 15.0 Å². The van der Waals surface area contributed by atoms with Crippen molar-refractivity contribution in [1.82, 2.24) is 4.90 Å². The van der Waals surface area contributed by atoms with Crippen molar-refractivity contribution in [1.29, 1.82) is 0 Å². The summed E-state index contributed by atoms with van der Waals surface area (Å²) in [7, 11) is 1.54. The van der Waals surface area contributed by atoms with Gasteiger partial charge in [0.15, 0.2) is 0 Å². The second-order valence-electron chi connectivity index (χ2n) is 5.49. The lowest BCUT2D eigenvalue weighted by molar-refractivity contribution is -0.130. The van der Waals surface area contributed by atoms with Gasteiger partial charge >= 0.3 is 0 Å². The van der Waals surface area contributed by atoms with E-state index >= 15 is 0 Å². The van der Waals surface area contributed by atoms with Gasteiger partial charge in [0.2, 0.25) is 11.8 Å². The standard InChI is InChI=1S/C20H21ClN2O3/c1-3-23(20(25)12-11-15-7-6-8-16(21)13-15)14-19(24)22-17-9-4-5-10-18(17)26-2/h4-13H,3,14H2,1-2H3,(H,22,24)/b12-11+. The van der Waals surface area contributed by atoms with Gasteiger partial charge in [-0.3, -0.25) is 9.59 Å². The molecule has 2 amide bonds. The molecular weight excluding hydrogens is 352 g/mol. The molecule has 6 heteroatoms. The largest absolute Gasteiger partial charge is 0.495 e. The number of para-hydroxylation sites is 2. The van der Waals surface area contributed by atoms with Gasteiger partial charge in [0, 0.05) is 17.6 Å². The molecule has 5 nitrogen and oxygen atoms in total. The summed E-state index contributed by atoms with van der Waals surface area (Å²) in [4.78, 5) is 26.1. The highest BCUT2D eigenvalue weighted by Gasteiger charge is 2.14. The van der Waals surface area contributed by atoms with Crippen LogP contribution in [0.4, 0.5) is 5.69 Å². The Kier molecular flexibility index (Phi) is 7.24. The molecule has 0 aromatic heterocycles. The molecule has 0 aliphatic carbocycles. The maximum atomic E-state index is 12.3. The molecule has 0 saturated heterocycles. The molecule has 0 saturated carbocycles. The minimum atomic E-state index is -0.291. The van der Waals surface area contributed by atoms with E-state index in [0.29, 0.717) is 23.0 Å². The first-order valence-corrected chi connectivity index (χ1v) is 8.56. The fraction of sp³-hybridized carbons (Fsp3) is 0.200. The predicted molar refractivity (Wildman–Crippen MR) is 104 cm³/mol. The number of carbonyl (C=O) groups excluding carboxylic acids is 2. The maximum absolute atomic E-state index is 12.3. The van der Waals surface area contributed by atoms with Gasteiger partial charge in [-0.05, 0) is 42.8 Å². The number of halogens is 1. The predicted octanol–water partition coefficient (Wildman–Crippen LogP) is 3.85. The number of nitrogens with one attached hydrogen (secondary N) is 1. The van der Waals surface area contributed by atoms with Gasteiger partial charge in [0.05, 0.1) is 12.8 Å². The average molecular weight is 373 g/mol. The number of rotatable bonds is 7. The monoisotopic (exact) mass is 372 g/mol. The third kappa shape index (κ3) is 5.63. The SMILES string of the molecule is CCN(CC(=O)Nc1ccccc1OC)C(=O)/C=C/c1cccc(Cl)c1. The van der Waals surface area contributed by atoms with Crippen molar-refractivity contribution >= 4 is 35.2 Å². The molecule has 26 heavy (non-hydrogen) atoms. The first kappa shape index (κ1) is 19.5. The van der Waals surface area contributed by atoms with Crippen molar-refractivity contribution in [3.63, 3.8) is 0 Å². The molecule has 0 spiro atoms. The minimum Gasteiger partial charge on any atom is -0.495 e. The topological polar surface area (TPSA) is 58.6 Å². The molecule has 2 rings (SSSR count). The average Bonchev–Trinajstić information content (AvgIpc) is 2.64. The third-order valence-electron chi connectivity index (χ3n) is 3.68. The molecule has 0 atom stereocenters. The summed E-state index contributed by atoms with van der Waals surface area (Å²) < 4.78 is 5.20. The zero-order valence-electron chi connectivity index (χ0n) is 14.7. The van der Waals surface area contributed by atoms with Crippen molar-refractivity contribution in [2.75, 3.05) is 25.5 Å². The molecule has 136 valence electrons. The lowest BCUT2D eigenvalue weighted by Gasteiger charge is -2.19. The number of amides is 2. The van der Waals surface area contributed by atoms with Crippen LogP contribution >= 0.6 is 11.6 Å². The first-order valence-electron chi connectivity index (χ1n) is 8.19. The van der Waals surface area contributed by atoms with E-state index in [-0.39, 0.29) is 18.4 Å². The Labute approximate surface area is 158 Å². The van der Waals surface area contributed by atoms with Crippen LogP contribution in [0.15, 0.2) is 54.6 Å². The number of benzene rings is 2. The summed E-state index contributed by atoms with van der Waals surface area (Å²) in [6, 6.07) is 14.3. The summed E-state index contributed by atoms with van der Waals surface area (Å²) >= 11 is 5.93. The van der Waals surface area contributed by atoms with Gasteiger partial charge in [-0.25, -0.2) is 0 Å². The normalized spacial score (nSPS) is 10.6. The minimum absolute atomic E-state index is 0.0483. The highest BCUT2D eigenvalue weighted by Crippen LogP contribution is 2.22. The Bertz CT molecular complexity index is 805. The summed E-state index contributed by atoms with van der Waals surface area (Å²) in [5, 5.41) is 3.36. The summed E-state index contributed by atoms with van der Waals surface area (Å²) in [5.74, 6) is 0.0274. The molecule has 0 bridgehead atoms. The quantitative estimate of drug-likeness (QED) is 0.751. The van der Waals surface area contributed by atoms with Gasteiger partial charge in [0.25, 0.3) is 0 Å². The number of ether oxygens (including phenoxy) is 1. The van der Waals surface area contributed by atoms with E-state index in [4.69, 9.17) is 16.3 Å². The van der Waals surface area contributed by atoms with Gasteiger partial charge in [-0.2, -0.15) is 0 Å². The molecule has 0 radical (unpaired) electrons. The second kappa shape index (κ2) is 9.63. The summed E-state index contributed by atoms with van der Waals surface area (Å²) in [6.45, 7) is 2.19. The van der Waals surface area contributed by atoms with Crippen LogP contribution in [0, 0.1) is 0 Å². The molecule has 1 N–H and O–H groups in total. The van der Waals surface area contributed by atoms with Gasteiger partial charge in [-0.1, -0.05) is 35.9 Å². The number of anilines is 1. The molecule has 0 aliphatic rings. The van der Waals surface area contributed by atoms with E-state index in [1.54, 1.807) is 36.4 Å². The van der Waals surface area contributed by atoms with Crippen molar-refractivity contribution < 1.29 is 14.3 Å². The molecule has 0 unspecified atom stereocenters. The Balaban J connectivity index is 1.99. The molecule has 2 aromatic carbocycles. The fourth-order valence-corrected chi connectivity index (χ4v) is 2.54. The van der Waals surface area contributed by atoms with Crippen LogP contribution in [0.1, 0.15) is 12.5 Å². The Morgan fingerprint density at radius 3 is 2.65 bits per heavy atom. The molecular formula is C20H21ClN2O3. The van der Waals surface area contributed by atoms with Gasteiger partial charge in [0.1, 0.15) is 12.3 Å². The van der Waals surface area contributed by atoms with E-state index in [0.717, 1.165) is 5.56 Å². The zero-order valence-corrected chi connectivity index (χ0v) is 15.5. The van der Waals surface area contributed by atoms with Gasteiger partial charge in [-0.15, -0.1) is 0 Å². The highest BCUT2D eigenvalue weighted by molar-refractivity contribution is 6.30. The van der Waals surface area contributed by atoms with E-state index in [9.17, 15) is 9.59 Å². The van der Waals surface area contributed by atoms with Crippen LogP contribution in [0.3, 0.4) is 0 Å². The van der Waals surface area contributed by atoms with Crippen LogP contribution in [0.5, 0.6) is 5.75 Å². The van der Waals surface area contributed by atoms with E-state index in [1.165, 1.54) is 18.1 Å². The Morgan fingerprint density at radius 2 is 1.96 bits per heavy atom. The highest BCUT2D eigenvalue weighted by atomic mass is 35.5. The number of methoxy groups -OCH3 is 1. The zero-order chi connectivity index (χ0) is 18.9. The second-order valence-corrected chi connectivity index (χ2v) is 5.93. The lowest BCUT2D eigenvalue weighted by atomic mass is 10.2. The number of hydrogen-bond acceptors (Lipinski definition) is 3. The molecule has 0 aliphatic heterocycles. The molecule has 0 heterocycles. The number of nitrogens with zero attached hydrogens (tertiary/aromatic N) is 1. The van der Waals surface area contributed by atoms with Crippen LogP contribution in [-0.2, 0) is 9.59 Å². The molecule has 2 aromatic rings. The lowest BCUT2D eigenvalue weighted by Crippen LogP contribution is -2.36. The Hall–Kier alpha value is -2.79. The maximum Gasteiger partial charge on any atom is 0.247 e. The van der Waals surface area contributed by atoms with Crippen molar-refractivity contribution in [2.45, 2.75) is 6.92 Å². The van der Waals surface area contributed by atoms with Crippen LogP contribution in [0.2, 0.25) is 5.02 Å². The van der Waals surface area contributed by atoms with Crippen LogP contribution in [-0.4, -0.2) is 36.9 Å². The fourth-order valence-electron chi connectivity index (χ4n) is 2.34. The van der Waals surface area contributed by atoms with Crippen molar-refractivity contribution in [3.8, 4) is 5.75 Å². The van der Waals surface area contributed by atoms with Crippen molar-refractivity contribution in [3.05, 3.63) is 65.2 Å². The summed E-state index contributed by atoms with van der Waals surface area (Å²) in [6.07, 6.45) is 3.11. The van der Waals surface area contributed by atoms with Crippen LogP contribution in [0.25, 0.3) is 6.08 Å². The van der Waals surface area contributed by atoms with E-state index in [1.807, 2.05) is 25.1 Å². The van der Waals surface area contributed by atoms with Crippen LogP contribution < -0.4 is 10.1 Å². The van der Waals surface area contributed by atoms with Crippen molar-refractivity contribution in [2.24, 2.45) is 0 Å². The van der Waals surface area contributed by atoms with E-state index < -0.39 is 0 Å². The number of likely N-dealkylation sites (N-methyl/N-ethyl adjacent to an activating group) is 1. The number of hydrogen-bond donors (Lipinski definition) is 1. The number of carbonyl (C=O) groups is 2. The smallest absolute Gasteiger partial charge is 0.247 e. The van der Waals surface area contributed by atoms with E-state index in [2.05, 4.69) is 5.32 Å². The first-order chi connectivity index (χ1) is 12.5. The Morgan fingerprint density at radius 1 is 1.19 bits per heavy atom.